The largest absolute Gasteiger partial charge is 0.458 e. The minimum atomic E-state index is -0.0944. The number of rotatable bonds is 1. The van der Waals surface area contributed by atoms with Crippen molar-refractivity contribution in [3.8, 4) is 0 Å². The van der Waals surface area contributed by atoms with Gasteiger partial charge in [-0.25, -0.2) is 0 Å². The molecule has 0 spiro atoms. The third kappa shape index (κ3) is 1.31. The maximum Gasteiger partial charge on any atom is 0.306 e. The molecule has 0 unspecified atom stereocenters. The average Bonchev–Trinajstić information content (AvgIpc) is 2.14. The lowest BCUT2D eigenvalue weighted by Gasteiger charge is -2.05. The quantitative estimate of drug-likeness (QED) is 0.390. The molecule has 2 nitrogen and oxygen atoms in total. The Hall–Kier alpha value is -0.790. The molecule has 1 rings (SSSR count). The maximum absolute atomic E-state index is 10.5. The zero-order chi connectivity index (χ0) is 6.85. The van der Waals surface area contributed by atoms with Crippen LogP contribution < -0.4 is 0 Å². The maximum atomic E-state index is 10.5. The SMILES string of the molecule is C=C(C)[C@@H]1CCC(=O)O1. The molecule has 0 aromatic heterocycles. The van der Waals surface area contributed by atoms with Gasteiger partial charge in [-0.2, -0.15) is 0 Å². The average molecular weight is 126 g/mol. The van der Waals surface area contributed by atoms with E-state index in [0.29, 0.717) is 6.42 Å². The summed E-state index contributed by atoms with van der Waals surface area (Å²) in [7, 11) is 0. The van der Waals surface area contributed by atoms with E-state index in [1.807, 2.05) is 6.92 Å². The monoisotopic (exact) mass is 126 g/mol. The fourth-order valence-corrected chi connectivity index (χ4v) is 0.872. The molecule has 0 bridgehead atoms. The van der Waals surface area contributed by atoms with Crippen molar-refractivity contribution in [3.63, 3.8) is 0 Å². The Morgan fingerprint density at radius 2 is 2.56 bits per heavy atom. The Bertz CT molecular complexity index is 149. The third-order valence-electron chi connectivity index (χ3n) is 1.43. The van der Waals surface area contributed by atoms with Crippen molar-refractivity contribution in [1.29, 1.82) is 0 Å². The first kappa shape index (κ1) is 6.33. The standard InChI is InChI=1S/C7H10O2/c1-5(2)6-3-4-7(8)9-6/h6H,1,3-4H2,2H3/t6-/m0/s1. The van der Waals surface area contributed by atoms with Crippen molar-refractivity contribution in [2.45, 2.75) is 25.9 Å². The van der Waals surface area contributed by atoms with Gasteiger partial charge in [0.05, 0.1) is 0 Å². The van der Waals surface area contributed by atoms with Gasteiger partial charge in [0, 0.05) is 6.42 Å². The van der Waals surface area contributed by atoms with E-state index in [0.717, 1.165) is 12.0 Å². The predicted molar refractivity (Wildman–Crippen MR) is 33.9 cm³/mol. The van der Waals surface area contributed by atoms with E-state index >= 15 is 0 Å². The van der Waals surface area contributed by atoms with E-state index in [1.165, 1.54) is 0 Å². The molecule has 50 valence electrons. The van der Waals surface area contributed by atoms with Crippen molar-refractivity contribution in [3.05, 3.63) is 12.2 Å². The molecule has 0 radical (unpaired) electrons. The van der Waals surface area contributed by atoms with Crippen LogP contribution in [0, 0.1) is 0 Å². The Kier molecular flexibility index (Phi) is 1.56. The van der Waals surface area contributed by atoms with Crippen LogP contribution in [0.15, 0.2) is 12.2 Å². The summed E-state index contributed by atoms with van der Waals surface area (Å²) in [6.45, 7) is 5.57. The highest BCUT2D eigenvalue weighted by molar-refractivity contribution is 5.71. The van der Waals surface area contributed by atoms with E-state index < -0.39 is 0 Å². The van der Waals surface area contributed by atoms with Gasteiger partial charge in [0.2, 0.25) is 0 Å². The van der Waals surface area contributed by atoms with Crippen molar-refractivity contribution in [1.82, 2.24) is 0 Å². The molecule has 0 aromatic rings. The van der Waals surface area contributed by atoms with Gasteiger partial charge in [0.1, 0.15) is 6.10 Å². The van der Waals surface area contributed by atoms with Crippen LogP contribution in [0.2, 0.25) is 0 Å². The zero-order valence-electron chi connectivity index (χ0n) is 5.52. The molecule has 1 atom stereocenters. The molecular weight excluding hydrogens is 116 g/mol. The summed E-state index contributed by atoms with van der Waals surface area (Å²) in [6, 6.07) is 0. The van der Waals surface area contributed by atoms with Gasteiger partial charge < -0.3 is 4.74 Å². The molecule has 1 saturated heterocycles. The second-order valence-electron chi connectivity index (χ2n) is 2.36. The lowest BCUT2D eigenvalue weighted by molar-refractivity contribution is -0.140. The van der Waals surface area contributed by atoms with Gasteiger partial charge >= 0.3 is 5.97 Å². The van der Waals surface area contributed by atoms with Gasteiger partial charge in [-0.05, 0) is 18.9 Å². The molecule has 1 aliphatic rings. The number of hydrogen-bond acceptors (Lipinski definition) is 2. The topological polar surface area (TPSA) is 26.3 Å². The summed E-state index contributed by atoms with van der Waals surface area (Å²) < 4.78 is 4.88. The van der Waals surface area contributed by atoms with Gasteiger partial charge in [-0.3, -0.25) is 4.79 Å². The molecular formula is C7H10O2. The minimum Gasteiger partial charge on any atom is -0.458 e. The van der Waals surface area contributed by atoms with Crippen LogP contribution in [0.4, 0.5) is 0 Å². The summed E-state index contributed by atoms with van der Waals surface area (Å²) in [5, 5.41) is 0. The third-order valence-corrected chi connectivity index (χ3v) is 1.43. The first-order chi connectivity index (χ1) is 4.20. The number of hydrogen-bond donors (Lipinski definition) is 0. The minimum absolute atomic E-state index is 0.00231. The second-order valence-corrected chi connectivity index (χ2v) is 2.36. The van der Waals surface area contributed by atoms with E-state index in [9.17, 15) is 4.79 Å². The van der Waals surface area contributed by atoms with Gasteiger partial charge in [-0.1, -0.05) is 6.58 Å². The second kappa shape index (κ2) is 2.21. The first-order valence-electron chi connectivity index (χ1n) is 3.05. The predicted octanol–water partition coefficient (Wildman–Crippen LogP) is 1.27. The van der Waals surface area contributed by atoms with E-state index in [2.05, 4.69) is 6.58 Å². The number of carbonyl (C=O) groups is 1. The van der Waals surface area contributed by atoms with Gasteiger partial charge in [0.25, 0.3) is 0 Å². The van der Waals surface area contributed by atoms with Crippen LogP contribution in [0.5, 0.6) is 0 Å². The van der Waals surface area contributed by atoms with Crippen molar-refractivity contribution < 1.29 is 9.53 Å². The summed E-state index contributed by atoms with van der Waals surface area (Å²) >= 11 is 0. The molecule has 0 saturated carbocycles. The molecule has 0 aromatic carbocycles. The molecule has 1 heterocycles. The van der Waals surface area contributed by atoms with Crippen molar-refractivity contribution >= 4 is 5.97 Å². The number of cyclic esters (lactones) is 1. The molecule has 0 N–H and O–H groups in total. The lowest BCUT2D eigenvalue weighted by Crippen LogP contribution is -2.06. The van der Waals surface area contributed by atoms with Crippen LogP contribution in [-0.2, 0) is 9.53 Å². The van der Waals surface area contributed by atoms with E-state index in [4.69, 9.17) is 4.74 Å². The zero-order valence-corrected chi connectivity index (χ0v) is 5.52. The fraction of sp³-hybridized carbons (Fsp3) is 0.571. The van der Waals surface area contributed by atoms with Crippen LogP contribution in [-0.4, -0.2) is 12.1 Å². The Labute approximate surface area is 54.5 Å². The van der Waals surface area contributed by atoms with Gasteiger partial charge in [0.15, 0.2) is 0 Å². The molecule has 2 heteroatoms. The Balaban J connectivity index is 2.48. The summed E-state index contributed by atoms with van der Waals surface area (Å²) in [4.78, 5) is 10.5. The normalized spacial score (nSPS) is 25.9. The van der Waals surface area contributed by atoms with Crippen molar-refractivity contribution in [2.24, 2.45) is 0 Å². The molecule has 9 heavy (non-hydrogen) atoms. The molecule has 0 amide bonds. The summed E-state index contributed by atoms with van der Waals surface area (Å²) in [5.41, 5.74) is 0.945. The summed E-state index contributed by atoms with van der Waals surface area (Å²) in [6.07, 6.45) is 1.36. The fourth-order valence-electron chi connectivity index (χ4n) is 0.872. The highest BCUT2D eigenvalue weighted by Crippen LogP contribution is 2.18. The number of esters is 1. The Morgan fingerprint density at radius 1 is 1.89 bits per heavy atom. The van der Waals surface area contributed by atoms with E-state index in [1.54, 1.807) is 0 Å². The van der Waals surface area contributed by atoms with E-state index in [-0.39, 0.29) is 12.1 Å². The lowest BCUT2D eigenvalue weighted by atomic mass is 10.1. The highest BCUT2D eigenvalue weighted by Gasteiger charge is 2.22. The van der Waals surface area contributed by atoms with Crippen LogP contribution >= 0.6 is 0 Å². The van der Waals surface area contributed by atoms with Crippen LogP contribution in [0.1, 0.15) is 19.8 Å². The number of ether oxygens (including phenoxy) is 1. The van der Waals surface area contributed by atoms with Gasteiger partial charge in [-0.15, -0.1) is 0 Å². The first-order valence-corrected chi connectivity index (χ1v) is 3.05. The molecule has 1 aliphatic heterocycles. The molecule has 0 aliphatic carbocycles. The smallest absolute Gasteiger partial charge is 0.306 e. The summed E-state index contributed by atoms with van der Waals surface area (Å²) in [5.74, 6) is -0.0944. The van der Waals surface area contributed by atoms with Crippen molar-refractivity contribution in [2.75, 3.05) is 0 Å². The number of carbonyl (C=O) groups excluding carboxylic acids is 1. The van der Waals surface area contributed by atoms with Crippen LogP contribution in [0.25, 0.3) is 0 Å². The highest BCUT2D eigenvalue weighted by atomic mass is 16.5. The molecule has 1 fully saturated rings. The van der Waals surface area contributed by atoms with Crippen LogP contribution in [0.3, 0.4) is 0 Å². The Morgan fingerprint density at radius 3 is 2.78 bits per heavy atom.